The number of ether oxygens (including phenoxy) is 2. The van der Waals surface area contributed by atoms with Crippen LogP contribution in [-0.4, -0.2) is 36.1 Å². The molecule has 0 saturated carbocycles. The highest BCUT2D eigenvalue weighted by Crippen LogP contribution is 2.42. The summed E-state index contributed by atoms with van der Waals surface area (Å²) in [6, 6.07) is 14.7. The second kappa shape index (κ2) is 9.65. The van der Waals surface area contributed by atoms with Gasteiger partial charge in [0.1, 0.15) is 11.9 Å². The molecule has 1 aromatic heterocycles. The van der Waals surface area contributed by atoms with Crippen molar-refractivity contribution in [2.24, 2.45) is 0 Å². The molecule has 34 heavy (non-hydrogen) atoms. The first-order valence-electron chi connectivity index (χ1n) is 11.6. The standard InChI is InChI=1S/C27H27N3O4/c1-17-24-16-28-10-9-22(24)23-8-7-20(13-25(23)34-17)27(32)29-14-18-4-2-5-19(12-18)26(31)30-15-21-6-3-11-33-21/h2,4-5,7-10,12-13,16-17,21H,3,6,11,14-15H2,1H3,(H,29,32)(H,30,31)/t17?,21-/m1/s1. The van der Waals surface area contributed by atoms with Crippen LogP contribution < -0.4 is 15.4 Å². The van der Waals surface area contributed by atoms with Crippen molar-refractivity contribution in [3.63, 3.8) is 0 Å². The number of amides is 2. The minimum absolute atomic E-state index is 0.0974. The number of hydrogen-bond donors (Lipinski definition) is 2. The van der Waals surface area contributed by atoms with Crippen LogP contribution in [-0.2, 0) is 11.3 Å². The van der Waals surface area contributed by atoms with Crippen LogP contribution in [0.5, 0.6) is 5.75 Å². The topological polar surface area (TPSA) is 89.5 Å². The van der Waals surface area contributed by atoms with Gasteiger partial charge < -0.3 is 20.1 Å². The van der Waals surface area contributed by atoms with Crippen molar-refractivity contribution < 1.29 is 19.1 Å². The van der Waals surface area contributed by atoms with Crippen molar-refractivity contribution in [2.45, 2.75) is 38.5 Å². The highest BCUT2D eigenvalue weighted by Gasteiger charge is 2.24. The van der Waals surface area contributed by atoms with Crippen LogP contribution in [0.3, 0.4) is 0 Å². The third-order valence-electron chi connectivity index (χ3n) is 6.28. The van der Waals surface area contributed by atoms with Crippen LogP contribution in [0.2, 0.25) is 0 Å². The first-order valence-corrected chi connectivity index (χ1v) is 11.6. The molecule has 0 bridgehead atoms. The normalized spacial score (nSPS) is 18.4. The lowest BCUT2D eigenvalue weighted by molar-refractivity contribution is 0.0857. The molecule has 1 fully saturated rings. The summed E-state index contributed by atoms with van der Waals surface area (Å²) in [5, 5.41) is 5.87. The molecule has 3 heterocycles. The molecule has 174 valence electrons. The molecule has 2 aromatic carbocycles. The molecule has 2 N–H and O–H groups in total. The summed E-state index contributed by atoms with van der Waals surface area (Å²) in [6.45, 7) is 3.56. The molecule has 0 spiro atoms. The molecule has 2 aliphatic rings. The van der Waals surface area contributed by atoms with Gasteiger partial charge >= 0.3 is 0 Å². The molecule has 2 aliphatic heterocycles. The van der Waals surface area contributed by atoms with Crippen LogP contribution >= 0.6 is 0 Å². The van der Waals surface area contributed by atoms with Gasteiger partial charge in [0.15, 0.2) is 0 Å². The molecule has 7 nitrogen and oxygen atoms in total. The van der Waals surface area contributed by atoms with Gasteiger partial charge in [-0.1, -0.05) is 12.1 Å². The Morgan fingerprint density at radius 2 is 1.88 bits per heavy atom. The van der Waals surface area contributed by atoms with E-state index in [1.165, 1.54) is 0 Å². The van der Waals surface area contributed by atoms with E-state index >= 15 is 0 Å². The summed E-state index contributed by atoms with van der Waals surface area (Å²) in [4.78, 5) is 29.5. The minimum Gasteiger partial charge on any atom is -0.485 e. The fraction of sp³-hybridized carbons (Fsp3) is 0.296. The summed E-state index contributed by atoms with van der Waals surface area (Å²) in [5.41, 5.74) is 5.00. The van der Waals surface area contributed by atoms with Crippen molar-refractivity contribution in [3.05, 3.63) is 83.2 Å². The van der Waals surface area contributed by atoms with Gasteiger partial charge in [0.25, 0.3) is 11.8 Å². The second-order valence-corrected chi connectivity index (χ2v) is 8.66. The van der Waals surface area contributed by atoms with Gasteiger partial charge in [-0.05, 0) is 67.3 Å². The van der Waals surface area contributed by atoms with Crippen LogP contribution in [0.1, 0.15) is 57.7 Å². The molecule has 0 radical (unpaired) electrons. The summed E-state index contributed by atoms with van der Waals surface area (Å²) >= 11 is 0. The number of rotatable bonds is 6. The van der Waals surface area contributed by atoms with Gasteiger partial charge in [0.05, 0.1) is 6.10 Å². The maximum atomic E-state index is 12.8. The number of nitrogens with zero attached hydrogens (tertiary/aromatic N) is 1. The predicted molar refractivity (Wildman–Crippen MR) is 128 cm³/mol. The zero-order chi connectivity index (χ0) is 23.5. The van der Waals surface area contributed by atoms with Crippen molar-refractivity contribution in [2.75, 3.05) is 13.2 Å². The van der Waals surface area contributed by atoms with Gasteiger partial charge in [0.2, 0.25) is 0 Å². The summed E-state index contributed by atoms with van der Waals surface area (Å²) in [7, 11) is 0. The Hall–Kier alpha value is -3.71. The van der Waals surface area contributed by atoms with Crippen LogP contribution in [0.4, 0.5) is 0 Å². The quantitative estimate of drug-likeness (QED) is 0.583. The molecule has 5 rings (SSSR count). The Kier molecular flexibility index (Phi) is 6.27. The van der Waals surface area contributed by atoms with E-state index in [2.05, 4.69) is 15.6 Å². The van der Waals surface area contributed by atoms with Crippen molar-refractivity contribution in [3.8, 4) is 16.9 Å². The van der Waals surface area contributed by atoms with E-state index in [-0.39, 0.29) is 24.0 Å². The lowest BCUT2D eigenvalue weighted by Crippen LogP contribution is -2.31. The third-order valence-corrected chi connectivity index (χ3v) is 6.28. The number of carbonyl (C=O) groups is 2. The lowest BCUT2D eigenvalue weighted by Gasteiger charge is -2.26. The summed E-state index contributed by atoms with van der Waals surface area (Å²) in [5.74, 6) is 0.344. The molecule has 2 amide bonds. The van der Waals surface area contributed by atoms with E-state index in [1.54, 1.807) is 30.5 Å². The zero-order valence-corrected chi connectivity index (χ0v) is 19.0. The average molecular weight is 458 g/mol. The van der Waals surface area contributed by atoms with Gasteiger partial charge in [-0.2, -0.15) is 0 Å². The number of fused-ring (bicyclic) bond motifs is 3. The van der Waals surface area contributed by atoms with E-state index in [1.807, 2.05) is 37.4 Å². The molecular weight excluding hydrogens is 430 g/mol. The maximum absolute atomic E-state index is 12.8. The Labute approximate surface area is 198 Å². The third kappa shape index (κ3) is 4.65. The van der Waals surface area contributed by atoms with Gasteiger partial charge in [-0.15, -0.1) is 0 Å². The first kappa shape index (κ1) is 22.1. The van der Waals surface area contributed by atoms with Crippen molar-refractivity contribution in [1.82, 2.24) is 15.6 Å². The number of pyridine rings is 1. The SMILES string of the molecule is CC1Oc2cc(C(=O)NCc3cccc(C(=O)NC[C@H]4CCCO4)c3)ccc2-c2ccncc21. The highest BCUT2D eigenvalue weighted by molar-refractivity contribution is 5.96. The Balaban J connectivity index is 1.22. The van der Waals surface area contributed by atoms with Crippen molar-refractivity contribution >= 4 is 11.8 Å². The van der Waals surface area contributed by atoms with Crippen LogP contribution in [0, 0.1) is 0 Å². The van der Waals surface area contributed by atoms with Crippen molar-refractivity contribution in [1.29, 1.82) is 0 Å². The fourth-order valence-corrected chi connectivity index (χ4v) is 4.43. The largest absolute Gasteiger partial charge is 0.485 e. The predicted octanol–water partition coefficient (Wildman–Crippen LogP) is 4.04. The average Bonchev–Trinajstić information content (AvgIpc) is 3.40. The van der Waals surface area contributed by atoms with E-state index in [9.17, 15) is 9.59 Å². The fourth-order valence-electron chi connectivity index (χ4n) is 4.43. The van der Waals surface area contributed by atoms with E-state index in [4.69, 9.17) is 9.47 Å². The minimum atomic E-state index is -0.201. The second-order valence-electron chi connectivity index (χ2n) is 8.66. The Bertz CT molecular complexity index is 1220. The lowest BCUT2D eigenvalue weighted by atomic mass is 9.94. The smallest absolute Gasteiger partial charge is 0.251 e. The maximum Gasteiger partial charge on any atom is 0.251 e. The Morgan fingerprint density at radius 1 is 1.03 bits per heavy atom. The first-order chi connectivity index (χ1) is 16.6. The van der Waals surface area contributed by atoms with Gasteiger partial charge in [0, 0.05) is 54.3 Å². The van der Waals surface area contributed by atoms with E-state index in [0.717, 1.165) is 41.7 Å². The monoisotopic (exact) mass is 457 g/mol. The highest BCUT2D eigenvalue weighted by atomic mass is 16.5. The molecule has 3 aromatic rings. The van der Waals surface area contributed by atoms with E-state index < -0.39 is 0 Å². The molecule has 0 aliphatic carbocycles. The number of aromatic nitrogens is 1. The number of nitrogens with one attached hydrogen (secondary N) is 2. The summed E-state index contributed by atoms with van der Waals surface area (Å²) in [6.07, 6.45) is 5.56. The molecule has 2 atom stereocenters. The van der Waals surface area contributed by atoms with Crippen LogP contribution in [0.25, 0.3) is 11.1 Å². The molecule has 1 unspecified atom stereocenters. The number of benzene rings is 2. The molecule has 1 saturated heterocycles. The number of carbonyl (C=O) groups excluding carboxylic acids is 2. The van der Waals surface area contributed by atoms with Crippen LogP contribution in [0.15, 0.2) is 60.9 Å². The van der Waals surface area contributed by atoms with E-state index in [0.29, 0.717) is 30.0 Å². The van der Waals surface area contributed by atoms with Gasteiger partial charge in [-0.3, -0.25) is 14.6 Å². The Morgan fingerprint density at radius 3 is 2.74 bits per heavy atom. The zero-order valence-electron chi connectivity index (χ0n) is 19.0. The number of hydrogen-bond acceptors (Lipinski definition) is 5. The summed E-state index contributed by atoms with van der Waals surface area (Å²) < 4.78 is 11.6. The van der Waals surface area contributed by atoms with Gasteiger partial charge in [-0.25, -0.2) is 0 Å². The molecular formula is C27H27N3O4. The molecule has 7 heteroatoms.